The molecule has 4 heteroatoms. The molecule has 2 aliphatic carbocycles. The lowest BCUT2D eigenvalue weighted by Gasteiger charge is -2.17. The molecule has 4 nitrogen and oxygen atoms in total. The smallest absolute Gasteiger partial charge is 0.339 e. The van der Waals surface area contributed by atoms with Gasteiger partial charge in [-0.25, -0.2) is 9.59 Å². The summed E-state index contributed by atoms with van der Waals surface area (Å²) < 4.78 is 9.76. The zero-order valence-electron chi connectivity index (χ0n) is 14.0. The van der Waals surface area contributed by atoms with E-state index in [0.717, 1.165) is 22.3 Å². The third kappa shape index (κ3) is 3.11. The molecule has 23 heavy (non-hydrogen) atoms. The monoisotopic (exact) mass is 312 g/mol. The molecule has 0 aromatic rings. The highest BCUT2D eigenvalue weighted by Crippen LogP contribution is 2.36. The molecule has 0 unspecified atom stereocenters. The fourth-order valence-corrected chi connectivity index (χ4v) is 2.88. The molecule has 0 saturated carbocycles. The predicted octanol–water partition coefficient (Wildman–Crippen LogP) is 3.35. The van der Waals surface area contributed by atoms with Crippen LogP contribution >= 0.6 is 0 Å². The first-order valence-electron chi connectivity index (χ1n) is 7.28. The van der Waals surface area contributed by atoms with E-state index in [0.29, 0.717) is 5.57 Å². The Hall–Kier alpha value is -2.62. The van der Waals surface area contributed by atoms with E-state index in [1.54, 1.807) is 12.2 Å². The molecule has 2 rings (SSSR count). The standard InChI is InChI=1S/C19H20O4/c1-11-9-12(2)14-7-6-8-15(18(20)22-4)17(19(21)23-5)16(14)13(3)10-11/h6-10H,1-5H3. The summed E-state index contributed by atoms with van der Waals surface area (Å²) >= 11 is 0. The highest BCUT2D eigenvalue weighted by molar-refractivity contribution is 6.07. The molecule has 0 aromatic carbocycles. The minimum atomic E-state index is -0.566. The number of rotatable bonds is 2. The Kier molecular flexibility index (Phi) is 4.84. The molecule has 0 atom stereocenters. The summed E-state index contributed by atoms with van der Waals surface area (Å²) in [5.41, 5.74) is 5.01. The third-order valence-corrected chi connectivity index (χ3v) is 3.82. The van der Waals surface area contributed by atoms with Crippen LogP contribution in [0.5, 0.6) is 0 Å². The van der Waals surface area contributed by atoms with Crippen molar-refractivity contribution < 1.29 is 19.1 Å². The molecule has 0 aliphatic heterocycles. The van der Waals surface area contributed by atoms with Crippen LogP contribution < -0.4 is 0 Å². The molecular formula is C19H20O4. The Morgan fingerprint density at radius 1 is 0.957 bits per heavy atom. The minimum absolute atomic E-state index is 0.195. The summed E-state index contributed by atoms with van der Waals surface area (Å²) in [7, 11) is 2.60. The van der Waals surface area contributed by atoms with Crippen molar-refractivity contribution in [2.24, 2.45) is 0 Å². The van der Waals surface area contributed by atoms with Crippen molar-refractivity contribution in [2.75, 3.05) is 14.2 Å². The van der Waals surface area contributed by atoms with Crippen molar-refractivity contribution in [1.82, 2.24) is 0 Å². The molecule has 0 heterocycles. The van der Waals surface area contributed by atoms with Gasteiger partial charge in [0.15, 0.2) is 0 Å². The SMILES string of the molecule is COC(=O)C1=C(C(=O)OC)C2=C(C)C=C(C)C=C(C)C2=CC=C1. The number of allylic oxidation sites excluding steroid dienone is 8. The van der Waals surface area contributed by atoms with Gasteiger partial charge in [-0.15, -0.1) is 0 Å². The number of carbonyl (C=O) groups excluding carboxylic acids is 2. The van der Waals surface area contributed by atoms with Gasteiger partial charge in [-0.1, -0.05) is 29.9 Å². The van der Waals surface area contributed by atoms with Crippen molar-refractivity contribution >= 4 is 11.9 Å². The van der Waals surface area contributed by atoms with E-state index in [4.69, 9.17) is 9.47 Å². The minimum Gasteiger partial charge on any atom is -0.465 e. The average molecular weight is 312 g/mol. The van der Waals surface area contributed by atoms with Crippen LogP contribution in [0, 0.1) is 0 Å². The summed E-state index contributed by atoms with van der Waals surface area (Å²) in [5.74, 6) is -1.12. The van der Waals surface area contributed by atoms with Crippen molar-refractivity contribution in [1.29, 1.82) is 0 Å². The van der Waals surface area contributed by atoms with Gasteiger partial charge in [-0.05, 0) is 43.6 Å². The fraction of sp³-hybridized carbons (Fsp3) is 0.263. The van der Waals surface area contributed by atoms with E-state index < -0.39 is 11.9 Å². The van der Waals surface area contributed by atoms with Crippen LogP contribution in [0.2, 0.25) is 0 Å². The number of hydrogen-bond acceptors (Lipinski definition) is 4. The quantitative estimate of drug-likeness (QED) is 0.734. The van der Waals surface area contributed by atoms with Gasteiger partial charge in [-0.2, -0.15) is 0 Å². The molecule has 0 spiro atoms. The van der Waals surface area contributed by atoms with Crippen molar-refractivity contribution in [2.45, 2.75) is 20.8 Å². The van der Waals surface area contributed by atoms with E-state index in [9.17, 15) is 9.59 Å². The van der Waals surface area contributed by atoms with Crippen LogP contribution in [0.25, 0.3) is 0 Å². The normalized spacial score (nSPS) is 17.5. The molecule has 120 valence electrons. The molecule has 0 saturated heterocycles. The Morgan fingerprint density at radius 2 is 1.61 bits per heavy atom. The lowest BCUT2D eigenvalue weighted by atomic mass is 9.88. The van der Waals surface area contributed by atoms with E-state index in [2.05, 4.69) is 0 Å². The van der Waals surface area contributed by atoms with Crippen LogP contribution in [0.1, 0.15) is 20.8 Å². The predicted molar refractivity (Wildman–Crippen MR) is 88.5 cm³/mol. The van der Waals surface area contributed by atoms with Crippen LogP contribution in [0.4, 0.5) is 0 Å². The van der Waals surface area contributed by atoms with Gasteiger partial charge in [0.1, 0.15) is 0 Å². The molecule has 0 fully saturated rings. The summed E-state index contributed by atoms with van der Waals surface area (Å²) in [5, 5.41) is 0. The maximum atomic E-state index is 12.4. The van der Waals surface area contributed by atoms with Crippen molar-refractivity contribution in [3.8, 4) is 0 Å². The van der Waals surface area contributed by atoms with Crippen molar-refractivity contribution in [3.05, 3.63) is 69.4 Å². The van der Waals surface area contributed by atoms with Gasteiger partial charge < -0.3 is 9.47 Å². The van der Waals surface area contributed by atoms with Gasteiger partial charge in [-0.3, -0.25) is 0 Å². The first-order chi connectivity index (χ1) is 10.9. The van der Waals surface area contributed by atoms with Crippen LogP contribution in [-0.2, 0) is 19.1 Å². The number of esters is 2. The van der Waals surface area contributed by atoms with E-state index in [-0.39, 0.29) is 11.1 Å². The summed E-state index contributed by atoms with van der Waals surface area (Å²) in [4.78, 5) is 24.6. The average Bonchev–Trinajstić information content (AvgIpc) is 2.77. The fourth-order valence-electron chi connectivity index (χ4n) is 2.88. The molecule has 2 aliphatic rings. The van der Waals surface area contributed by atoms with Crippen LogP contribution in [0.15, 0.2) is 69.4 Å². The number of carbonyl (C=O) groups is 2. The number of hydrogen-bond donors (Lipinski definition) is 0. The maximum Gasteiger partial charge on any atom is 0.339 e. The first kappa shape index (κ1) is 16.7. The van der Waals surface area contributed by atoms with Gasteiger partial charge in [0.2, 0.25) is 0 Å². The summed E-state index contributed by atoms with van der Waals surface area (Å²) in [6.07, 6.45) is 9.28. The van der Waals surface area contributed by atoms with Crippen LogP contribution in [0.3, 0.4) is 0 Å². The largest absolute Gasteiger partial charge is 0.465 e. The Labute approximate surface area is 136 Å². The molecule has 0 N–H and O–H groups in total. The van der Waals surface area contributed by atoms with Gasteiger partial charge in [0, 0.05) is 5.57 Å². The second-order valence-corrected chi connectivity index (χ2v) is 5.49. The number of ether oxygens (including phenoxy) is 2. The van der Waals surface area contributed by atoms with Crippen LogP contribution in [-0.4, -0.2) is 26.2 Å². The molecule has 0 bridgehead atoms. The lowest BCUT2D eigenvalue weighted by molar-refractivity contribution is -0.138. The second kappa shape index (κ2) is 6.65. The molecule has 0 radical (unpaired) electrons. The van der Waals surface area contributed by atoms with E-state index in [1.807, 2.05) is 39.0 Å². The topological polar surface area (TPSA) is 52.6 Å². The van der Waals surface area contributed by atoms with Gasteiger partial charge in [0.05, 0.1) is 25.4 Å². The highest BCUT2D eigenvalue weighted by atomic mass is 16.5. The Bertz CT molecular complexity index is 752. The van der Waals surface area contributed by atoms with E-state index in [1.165, 1.54) is 14.2 Å². The summed E-state index contributed by atoms with van der Waals surface area (Å²) in [6.45, 7) is 5.90. The van der Waals surface area contributed by atoms with Gasteiger partial charge in [0.25, 0.3) is 0 Å². The van der Waals surface area contributed by atoms with E-state index >= 15 is 0 Å². The van der Waals surface area contributed by atoms with Gasteiger partial charge >= 0.3 is 11.9 Å². The highest BCUT2D eigenvalue weighted by Gasteiger charge is 2.29. The Balaban J connectivity index is 2.86. The zero-order chi connectivity index (χ0) is 17.1. The molecule has 0 amide bonds. The number of methoxy groups -OCH3 is 2. The zero-order valence-corrected chi connectivity index (χ0v) is 14.0. The second-order valence-electron chi connectivity index (χ2n) is 5.49. The molecular weight excluding hydrogens is 292 g/mol. The molecule has 0 aromatic heterocycles. The number of fused-ring (bicyclic) bond motifs is 1. The first-order valence-corrected chi connectivity index (χ1v) is 7.28. The summed E-state index contributed by atoms with van der Waals surface area (Å²) in [6, 6.07) is 0. The lowest BCUT2D eigenvalue weighted by Crippen LogP contribution is -2.16. The third-order valence-electron chi connectivity index (χ3n) is 3.82. The van der Waals surface area contributed by atoms with Crippen molar-refractivity contribution in [3.63, 3.8) is 0 Å². The maximum absolute atomic E-state index is 12.4. The Morgan fingerprint density at radius 3 is 2.22 bits per heavy atom.